The number of hydrogen-bond acceptors (Lipinski definition) is 14. The number of amides is 2. The van der Waals surface area contributed by atoms with E-state index in [9.17, 15) is 14.2 Å². The molecule has 2 saturated heterocycles. The van der Waals surface area contributed by atoms with Gasteiger partial charge in [0.2, 0.25) is 18.3 Å². The topological polar surface area (TPSA) is 171 Å². The SMILES string of the molecule is CCCC(C(=O)NC=O)c1ccc(CCN2CCN(C3CCN(c4cc(OC)c(Nc5ncc(Br)c(Nc6ccc7nccnc7c6P(C)(C)=O)n5)cc4CC)CC3)CC2)nc1. The second-order valence-electron chi connectivity index (χ2n) is 16.3. The van der Waals surface area contributed by atoms with E-state index in [1.807, 2.05) is 31.2 Å². The smallest absolute Gasteiger partial charge is 0.233 e. The first-order valence-corrected chi connectivity index (χ1v) is 24.9. The molecule has 5 heterocycles. The summed E-state index contributed by atoms with van der Waals surface area (Å²) in [6.07, 6.45) is 12.6. The number of aryl methyl sites for hydroxylation is 1. The lowest BCUT2D eigenvalue weighted by Crippen LogP contribution is -2.53. The van der Waals surface area contributed by atoms with E-state index in [-0.39, 0.29) is 11.8 Å². The van der Waals surface area contributed by atoms with Crippen LogP contribution in [-0.2, 0) is 27.0 Å². The molecule has 2 aromatic carbocycles. The summed E-state index contributed by atoms with van der Waals surface area (Å²) in [4.78, 5) is 53.9. The molecule has 2 amide bonds. The van der Waals surface area contributed by atoms with Gasteiger partial charge >= 0.3 is 0 Å². The van der Waals surface area contributed by atoms with E-state index in [2.05, 4.69) is 85.6 Å². The Labute approximate surface area is 372 Å². The molecule has 1 unspecified atom stereocenters. The number of rotatable bonds is 17. The zero-order valence-corrected chi connectivity index (χ0v) is 38.7. The van der Waals surface area contributed by atoms with E-state index in [0.29, 0.717) is 62.9 Å². The van der Waals surface area contributed by atoms with E-state index >= 15 is 0 Å². The molecule has 3 aromatic heterocycles. The minimum Gasteiger partial charge on any atom is -0.494 e. The zero-order valence-electron chi connectivity index (χ0n) is 36.2. The highest BCUT2D eigenvalue weighted by Crippen LogP contribution is 2.42. The van der Waals surface area contributed by atoms with Crippen LogP contribution < -0.4 is 30.9 Å². The predicted molar refractivity (Wildman–Crippen MR) is 250 cm³/mol. The van der Waals surface area contributed by atoms with Crippen molar-refractivity contribution in [2.75, 3.05) is 81.8 Å². The number of carbonyl (C=O) groups is 2. The predicted octanol–water partition coefficient (Wildman–Crippen LogP) is 6.87. The first-order chi connectivity index (χ1) is 30.0. The largest absolute Gasteiger partial charge is 0.494 e. The van der Waals surface area contributed by atoms with Gasteiger partial charge in [0.15, 0.2) is 0 Å². The number of benzene rings is 2. The van der Waals surface area contributed by atoms with Crippen LogP contribution in [0.5, 0.6) is 5.75 Å². The minimum atomic E-state index is -2.77. The maximum Gasteiger partial charge on any atom is 0.233 e. The zero-order chi connectivity index (χ0) is 43.8. The second-order valence-corrected chi connectivity index (χ2v) is 20.3. The first-order valence-electron chi connectivity index (χ1n) is 21.5. The fourth-order valence-corrected chi connectivity index (χ4v) is 10.4. The molecule has 0 bridgehead atoms. The highest BCUT2D eigenvalue weighted by molar-refractivity contribution is 9.10. The monoisotopic (exact) mass is 925 g/mol. The maximum absolute atomic E-state index is 13.5. The Morgan fingerprint density at radius 3 is 2.40 bits per heavy atom. The number of piperazine rings is 1. The summed E-state index contributed by atoms with van der Waals surface area (Å²) in [6.45, 7) is 14.7. The summed E-state index contributed by atoms with van der Waals surface area (Å²) < 4.78 is 20.1. The van der Waals surface area contributed by atoms with Gasteiger partial charge in [0.25, 0.3) is 0 Å². The number of carbonyl (C=O) groups excluding carboxylic acids is 2. The molecule has 5 aromatic rings. The van der Waals surface area contributed by atoms with Crippen LogP contribution in [0.1, 0.15) is 62.3 Å². The Bertz CT molecular complexity index is 2400. The Morgan fingerprint density at radius 2 is 1.73 bits per heavy atom. The van der Waals surface area contributed by atoms with Gasteiger partial charge < -0.3 is 29.7 Å². The van der Waals surface area contributed by atoms with Crippen molar-refractivity contribution in [2.45, 2.75) is 64.3 Å². The third kappa shape index (κ3) is 10.6. The van der Waals surface area contributed by atoms with Crippen LogP contribution in [0.3, 0.4) is 0 Å². The van der Waals surface area contributed by atoms with Gasteiger partial charge in [0.1, 0.15) is 24.2 Å². The van der Waals surface area contributed by atoms with Gasteiger partial charge in [-0.25, -0.2) is 4.98 Å². The van der Waals surface area contributed by atoms with Gasteiger partial charge in [-0.2, -0.15) is 4.98 Å². The van der Waals surface area contributed by atoms with Crippen LogP contribution in [0.25, 0.3) is 11.0 Å². The lowest BCUT2D eigenvalue weighted by molar-refractivity contribution is -0.126. The molecule has 62 heavy (non-hydrogen) atoms. The molecule has 0 aliphatic carbocycles. The number of methoxy groups -OCH3 is 1. The Morgan fingerprint density at radius 1 is 0.952 bits per heavy atom. The van der Waals surface area contributed by atoms with Crippen LogP contribution in [0.15, 0.2) is 65.7 Å². The van der Waals surface area contributed by atoms with Gasteiger partial charge in [0.05, 0.1) is 39.7 Å². The molecular formula is C45H57BrN11O4P. The van der Waals surface area contributed by atoms with Crippen molar-refractivity contribution < 1.29 is 18.9 Å². The highest BCUT2D eigenvalue weighted by Gasteiger charge is 2.29. The molecule has 15 nitrogen and oxygen atoms in total. The molecule has 2 fully saturated rings. The molecule has 2 aliphatic heterocycles. The molecule has 328 valence electrons. The van der Waals surface area contributed by atoms with Crippen molar-refractivity contribution >= 4 is 80.6 Å². The first kappa shape index (κ1) is 45.0. The number of pyridine rings is 1. The van der Waals surface area contributed by atoms with E-state index < -0.39 is 7.14 Å². The maximum atomic E-state index is 13.5. The number of nitrogens with one attached hydrogen (secondary N) is 3. The molecule has 3 N–H and O–H groups in total. The van der Waals surface area contributed by atoms with Crippen LogP contribution >= 0.6 is 23.1 Å². The van der Waals surface area contributed by atoms with Crippen LogP contribution in [-0.4, -0.2) is 119 Å². The molecule has 7 rings (SSSR count). The van der Waals surface area contributed by atoms with Crippen molar-refractivity contribution in [3.63, 3.8) is 0 Å². The molecule has 1 atom stereocenters. The summed E-state index contributed by atoms with van der Waals surface area (Å²) in [5.74, 6) is 0.966. The molecule has 0 spiro atoms. The summed E-state index contributed by atoms with van der Waals surface area (Å²) in [5, 5.41) is 9.70. The molecule has 0 saturated carbocycles. The highest BCUT2D eigenvalue weighted by atomic mass is 79.9. The fourth-order valence-electron chi connectivity index (χ4n) is 8.67. The van der Waals surface area contributed by atoms with Crippen molar-refractivity contribution in [2.24, 2.45) is 0 Å². The van der Waals surface area contributed by atoms with E-state index in [1.54, 1.807) is 45.2 Å². The Hall–Kier alpha value is -5.02. The van der Waals surface area contributed by atoms with Crippen molar-refractivity contribution in [1.29, 1.82) is 0 Å². The number of nitrogens with zero attached hydrogens (tertiary/aromatic N) is 8. The summed E-state index contributed by atoms with van der Waals surface area (Å²) in [6, 6.07) is 12.6. The lowest BCUT2D eigenvalue weighted by Gasteiger charge is -2.43. The quantitative estimate of drug-likeness (QED) is 0.0652. The molecule has 2 aliphatic rings. The Balaban J connectivity index is 0.942. The molecular weight excluding hydrogens is 869 g/mol. The summed E-state index contributed by atoms with van der Waals surface area (Å²) in [5.41, 5.74) is 6.97. The van der Waals surface area contributed by atoms with Gasteiger partial charge in [-0.05, 0) is 90.3 Å². The summed E-state index contributed by atoms with van der Waals surface area (Å²) >= 11 is 3.60. The molecule has 0 radical (unpaired) electrons. The number of halogens is 1. The van der Waals surface area contributed by atoms with Crippen LogP contribution in [0.4, 0.5) is 28.8 Å². The number of ether oxygens (including phenoxy) is 1. The van der Waals surface area contributed by atoms with Gasteiger partial charge in [0, 0.05) is 101 Å². The number of imide groups is 1. The number of piperidine rings is 1. The van der Waals surface area contributed by atoms with E-state index in [4.69, 9.17) is 9.72 Å². The average Bonchev–Trinajstić information content (AvgIpc) is 3.28. The van der Waals surface area contributed by atoms with E-state index in [1.165, 1.54) is 11.3 Å². The third-order valence-electron chi connectivity index (χ3n) is 11.9. The third-order valence-corrected chi connectivity index (χ3v) is 14.0. The molecule has 17 heteroatoms. The number of anilines is 5. The lowest BCUT2D eigenvalue weighted by atomic mass is 9.94. The van der Waals surface area contributed by atoms with Gasteiger partial charge in [-0.3, -0.25) is 34.8 Å². The average molecular weight is 927 g/mol. The van der Waals surface area contributed by atoms with Crippen molar-refractivity contribution in [3.8, 4) is 5.75 Å². The van der Waals surface area contributed by atoms with Gasteiger partial charge in [-0.1, -0.05) is 26.3 Å². The van der Waals surface area contributed by atoms with Gasteiger partial charge in [-0.15, -0.1) is 0 Å². The number of hydrogen-bond donors (Lipinski definition) is 3. The van der Waals surface area contributed by atoms with Crippen LogP contribution in [0.2, 0.25) is 0 Å². The number of fused-ring (bicyclic) bond motifs is 1. The normalized spacial score (nSPS) is 15.9. The van der Waals surface area contributed by atoms with Crippen molar-refractivity contribution in [3.05, 3.63) is 82.5 Å². The van der Waals surface area contributed by atoms with Crippen molar-refractivity contribution in [1.82, 2.24) is 40.0 Å². The fraction of sp³-hybridized carbons (Fsp3) is 0.444. The summed E-state index contributed by atoms with van der Waals surface area (Å²) in [7, 11) is -1.08. The second kappa shape index (κ2) is 20.4. The minimum absolute atomic E-state index is 0.274. The Kier molecular flexibility index (Phi) is 14.8. The van der Waals surface area contributed by atoms with Crippen LogP contribution in [0, 0.1) is 0 Å². The standard InChI is InChI=1S/C45H57BrN11O4P/c1-6-8-34(44(59)51-29-58)31-9-10-32(49-27-31)13-18-55-21-23-56(24-22-55)33-14-19-57(20-15-33)39-26-40(61-3)38(25-30(39)7-2)53-45-50-28-35(46)43(54-45)52-37-12-11-36-41(48-17-16-47-36)42(37)62(4,5)60/h9-12,16-17,25-29,33-34H,6-8,13-15,18-24H2,1-5H3,(H,51,58,59)(H2,50,52,53,54). The van der Waals surface area contributed by atoms with E-state index in [0.717, 1.165) is 94.9 Å². The number of aromatic nitrogens is 5.